The van der Waals surface area contributed by atoms with Crippen LogP contribution in [0.1, 0.15) is 0 Å². The van der Waals surface area contributed by atoms with Gasteiger partial charge in [-0.05, 0) is 60.7 Å². The Balaban J connectivity index is 0.000000248. The van der Waals surface area contributed by atoms with Crippen molar-refractivity contribution in [2.24, 2.45) is 0 Å². The van der Waals surface area contributed by atoms with Crippen LogP contribution in [0.25, 0.3) is 0 Å². The van der Waals surface area contributed by atoms with Gasteiger partial charge in [-0.2, -0.15) is 0 Å². The summed E-state index contributed by atoms with van der Waals surface area (Å²) in [4.78, 5) is 0. The van der Waals surface area contributed by atoms with Gasteiger partial charge in [-0.25, -0.2) is 87.8 Å². The van der Waals surface area contributed by atoms with Gasteiger partial charge < -0.3 is 4.74 Å². The zero-order chi connectivity index (χ0) is 53.8. The summed E-state index contributed by atoms with van der Waals surface area (Å²) in [7, 11) is 1.70. The summed E-state index contributed by atoms with van der Waals surface area (Å²) in [6.07, 6.45) is -7.22. The zero-order valence-corrected chi connectivity index (χ0v) is 40.1. The largest absolute Gasteiger partial charge is 0.497 e. The molecule has 73 heavy (non-hydrogen) atoms. The molecule has 8 aromatic carbocycles. The molecule has 1 nitrogen and oxygen atoms in total. The van der Waals surface area contributed by atoms with E-state index in [9.17, 15) is 52.7 Å². The standard InChI is InChI=1S/C24BF20.C13H12IO.C12H10I/c26-5-1(6(27)14(35)21(42)13(5)34)25(2-7(28)15(36)22(43)16(37)8(2)29,3-9(30)17(38)23(44)18(39)10(3)31)4-11(32)19(40)24(45)20(41)12(4)33;1-15-13-9-7-12(8-10-13)14-11-5-3-2-4-6-11;1-3-7-11(8-4-1)13-12-9-5-2-6-10-12/h;2-10H,1H3;1-10H/q-1;2*+1. The molecule has 0 atom stereocenters. The number of rotatable bonds is 9. The van der Waals surface area contributed by atoms with Crippen LogP contribution in [-0.4, -0.2) is 13.3 Å². The first-order valence-electron chi connectivity index (χ1n) is 19.9. The number of ether oxygens (including phenoxy) is 1. The van der Waals surface area contributed by atoms with E-state index in [1.54, 1.807) is 7.11 Å². The van der Waals surface area contributed by atoms with Gasteiger partial charge in [0, 0.05) is 0 Å². The fourth-order valence-electron chi connectivity index (χ4n) is 7.19. The molecule has 0 radical (unpaired) electrons. The first-order chi connectivity index (χ1) is 34.5. The van der Waals surface area contributed by atoms with E-state index in [0.29, 0.717) is 0 Å². The Morgan fingerprint density at radius 1 is 0.247 bits per heavy atom. The highest BCUT2D eigenvalue weighted by atomic mass is 127. The third-order valence-corrected chi connectivity index (χ3v) is 15.8. The minimum absolute atomic E-state index is 0.0287. The van der Waals surface area contributed by atoms with Gasteiger partial charge in [-0.15, -0.1) is 21.9 Å². The summed E-state index contributed by atoms with van der Waals surface area (Å²) < 4.78 is 305. The SMILES string of the molecule is COc1ccc([I+]c2ccccc2)cc1.Fc1c(F)c(F)c([B-](c2c(F)c(F)c(F)c(F)c2F)(c2c(F)c(F)c(F)c(F)c2F)c2c(F)c(F)c(F)c(F)c2F)c(F)c1F.c1ccc([I+]c2ccccc2)cc1. The molecule has 0 aliphatic rings. The van der Waals surface area contributed by atoms with E-state index in [0.717, 1.165) is 5.75 Å². The molecule has 0 fully saturated rings. The normalized spacial score (nSPS) is 11.2. The molecule has 0 unspecified atom stereocenters. The quantitative estimate of drug-likeness (QED) is 0.0613. The van der Waals surface area contributed by atoms with Gasteiger partial charge >= 0.3 is 42.4 Å². The second-order valence-electron chi connectivity index (χ2n) is 14.5. The van der Waals surface area contributed by atoms with Gasteiger partial charge in [0.15, 0.2) is 84.1 Å². The first-order valence-corrected chi connectivity index (χ1v) is 24.2. The van der Waals surface area contributed by atoms with Crippen LogP contribution in [0.3, 0.4) is 0 Å². The maximum Gasteiger partial charge on any atom is 0.357 e. The fraction of sp³-hybridized carbons (Fsp3) is 0.0204. The van der Waals surface area contributed by atoms with Crippen molar-refractivity contribution in [3.63, 3.8) is 0 Å². The van der Waals surface area contributed by atoms with Gasteiger partial charge in [-0.1, -0.05) is 54.6 Å². The lowest BCUT2D eigenvalue weighted by atomic mass is 9.12. The molecular formula is C49H22BF20I2O+. The summed E-state index contributed by atoms with van der Waals surface area (Å²) in [5, 5.41) is 0. The van der Waals surface area contributed by atoms with E-state index in [4.69, 9.17) is 4.74 Å². The maximum atomic E-state index is 15.4. The molecular weight excluding hydrogens is 1250 g/mol. The lowest BCUT2D eigenvalue weighted by Crippen LogP contribution is -3.61. The molecule has 0 saturated carbocycles. The predicted octanol–water partition coefficient (Wildman–Crippen LogP) is 5.48. The summed E-state index contributed by atoms with van der Waals surface area (Å²) in [5.41, 5.74) is -14.3. The molecule has 8 rings (SSSR count). The number of benzene rings is 8. The van der Waals surface area contributed by atoms with Crippen molar-refractivity contribution in [2.45, 2.75) is 0 Å². The smallest absolute Gasteiger partial charge is 0.357 e. The lowest BCUT2D eigenvalue weighted by molar-refractivity contribution is -0.597. The Hall–Kier alpha value is -6.32. The summed E-state index contributed by atoms with van der Waals surface area (Å²) in [6.45, 7) is 0. The molecule has 0 amide bonds. The van der Waals surface area contributed by atoms with E-state index in [1.165, 1.54) is 14.3 Å². The minimum atomic E-state index is -7.22. The summed E-state index contributed by atoms with van der Waals surface area (Å²) in [6, 6.07) is 40.4. The van der Waals surface area contributed by atoms with Crippen LogP contribution >= 0.6 is 0 Å². The van der Waals surface area contributed by atoms with Crippen LogP contribution in [0.5, 0.6) is 5.75 Å². The van der Waals surface area contributed by atoms with Crippen LogP contribution in [0, 0.1) is 131 Å². The average molecular weight is 1270 g/mol. The van der Waals surface area contributed by atoms with Crippen molar-refractivity contribution in [2.75, 3.05) is 7.11 Å². The van der Waals surface area contributed by atoms with Gasteiger partial charge in [0.25, 0.3) is 0 Å². The molecule has 0 bridgehead atoms. The zero-order valence-electron chi connectivity index (χ0n) is 35.8. The predicted molar refractivity (Wildman–Crippen MR) is 216 cm³/mol. The second-order valence-corrected chi connectivity index (χ2v) is 20.6. The third-order valence-electron chi connectivity index (χ3n) is 10.4. The topological polar surface area (TPSA) is 9.23 Å². The van der Waals surface area contributed by atoms with Crippen molar-refractivity contribution in [1.29, 1.82) is 0 Å². The van der Waals surface area contributed by atoms with Crippen LogP contribution in [-0.2, 0) is 0 Å². The fourth-order valence-corrected chi connectivity index (χ4v) is 11.7. The van der Waals surface area contributed by atoms with Crippen molar-refractivity contribution >= 4 is 28.0 Å². The molecule has 0 aromatic heterocycles. The Morgan fingerprint density at radius 3 is 0.616 bits per heavy atom. The number of hydrogen-bond acceptors (Lipinski definition) is 1. The summed E-state index contributed by atoms with van der Waals surface area (Å²) >= 11 is -0.0163. The number of hydrogen-bond donors (Lipinski definition) is 0. The number of methoxy groups -OCH3 is 1. The van der Waals surface area contributed by atoms with E-state index in [-0.39, 0.29) is 42.4 Å². The van der Waals surface area contributed by atoms with E-state index >= 15 is 35.1 Å². The van der Waals surface area contributed by atoms with Crippen molar-refractivity contribution in [3.05, 3.63) is 246 Å². The molecule has 0 saturated heterocycles. The lowest BCUT2D eigenvalue weighted by Gasteiger charge is -2.44. The van der Waals surface area contributed by atoms with Crippen LogP contribution in [0.4, 0.5) is 87.8 Å². The minimum Gasteiger partial charge on any atom is -0.497 e. The molecule has 0 aliphatic carbocycles. The molecule has 24 heteroatoms. The highest BCUT2D eigenvalue weighted by Gasteiger charge is 2.52. The second kappa shape index (κ2) is 23.3. The molecule has 0 aliphatic heterocycles. The Kier molecular flexibility index (Phi) is 17.8. The van der Waals surface area contributed by atoms with Gasteiger partial charge in [-0.3, -0.25) is 0 Å². The van der Waals surface area contributed by atoms with Crippen LogP contribution < -0.4 is 69.0 Å². The van der Waals surface area contributed by atoms with Crippen molar-refractivity contribution in [1.82, 2.24) is 0 Å². The third kappa shape index (κ3) is 10.7. The maximum absolute atomic E-state index is 15.4. The Labute approximate surface area is 419 Å². The monoisotopic (exact) mass is 1270 g/mol. The van der Waals surface area contributed by atoms with Crippen LogP contribution in [0.15, 0.2) is 115 Å². The molecule has 380 valence electrons. The van der Waals surface area contributed by atoms with Gasteiger partial charge in [0.2, 0.25) is 0 Å². The molecule has 0 N–H and O–H groups in total. The van der Waals surface area contributed by atoms with Gasteiger partial charge in [0.1, 0.15) is 58.4 Å². The van der Waals surface area contributed by atoms with Crippen molar-refractivity contribution in [3.8, 4) is 5.75 Å². The first kappa shape index (κ1) is 56.0. The number of halogens is 22. The molecule has 0 spiro atoms. The van der Waals surface area contributed by atoms with Crippen LogP contribution in [0.2, 0.25) is 0 Å². The average Bonchev–Trinajstić information content (AvgIpc) is 3.40. The molecule has 0 heterocycles. The Morgan fingerprint density at radius 2 is 0.425 bits per heavy atom. The highest BCUT2D eigenvalue weighted by molar-refractivity contribution is 7.20. The van der Waals surface area contributed by atoms with E-state index in [2.05, 4.69) is 103 Å². The summed E-state index contributed by atoms with van der Waals surface area (Å²) in [5.74, 6) is -70.5. The van der Waals surface area contributed by atoms with E-state index in [1.807, 2.05) is 12.1 Å². The van der Waals surface area contributed by atoms with E-state index < -0.39 is 144 Å². The van der Waals surface area contributed by atoms with Crippen molar-refractivity contribution < 1.29 is 135 Å². The highest BCUT2D eigenvalue weighted by Crippen LogP contribution is 2.31. The molecule has 8 aromatic rings. The van der Waals surface area contributed by atoms with Gasteiger partial charge in [0.05, 0.1) is 7.11 Å². The Bertz CT molecular complexity index is 2900.